The zero-order chi connectivity index (χ0) is 25.9. The van der Waals surface area contributed by atoms with Gasteiger partial charge in [-0.15, -0.1) is 11.3 Å². The van der Waals surface area contributed by atoms with Crippen molar-refractivity contribution in [3.05, 3.63) is 41.0 Å². The van der Waals surface area contributed by atoms with Crippen LogP contribution in [0.3, 0.4) is 0 Å². The number of hydrogen-bond donors (Lipinski definition) is 3. The highest BCUT2D eigenvalue weighted by Gasteiger charge is 2.46. The first-order valence-corrected chi connectivity index (χ1v) is 12.8. The minimum Gasteiger partial charge on any atom is -0.391 e. The molecule has 1 aromatic heterocycles. The molecule has 1 fully saturated rings. The van der Waals surface area contributed by atoms with Crippen LogP contribution in [0.25, 0.3) is 10.4 Å². The Morgan fingerprint density at radius 3 is 2.43 bits per heavy atom. The van der Waals surface area contributed by atoms with Crippen molar-refractivity contribution in [2.75, 3.05) is 6.54 Å². The molecule has 3 N–H and O–H groups in total. The number of aryl methyl sites for hydroxylation is 1. The van der Waals surface area contributed by atoms with Crippen LogP contribution in [-0.2, 0) is 20.9 Å². The van der Waals surface area contributed by atoms with Gasteiger partial charge in [0.2, 0.25) is 17.7 Å². The summed E-state index contributed by atoms with van der Waals surface area (Å²) < 4.78 is 0. The van der Waals surface area contributed by atoms with E-state index in [9.17, 15) is 19.5 Å². The third-order valence-electron chi connectivity index (χ3n) is 7.12. The highest BCUT2D eigenvalue weighted by molar-refractivity contribution is 7.13. The summed E-state index contributed by atoms with van der Waals surface area (Å²) in [7, 11) is 0. The van der Waals surface area contributed by atoms with Crippen LogP contribution < -0.4 is 10.6 Å². The molecule has 35 heavy (non-hydrogen) atoms. The average molecular weight is 501 g/mol. The molecule has 1 aromatic carbocycles. The van der Waals surface area contributed by atoms with Crippen molar-refractivity contribution in [1.82, 2.24) is 20.5 Å². The third kappa shape index (κ3) is 6.08. The Balaban J connectivity index is 1.70. The van der Waals surface area contributed by atoms with Gasteiger partial charge >= 0.3 is 0 Å². The Hall–Kier alpha value is -2.78. The zero-order valence-corrected chi connectivity index (χ0v) is 22.1. The second kappa shape index (κ2) is 10.9. The summed E-state index contributed by atoms with van der Waals surface area (Å²) in [5, 5.41) is 16.0. The lowest BCUT2D eigenvalue weighted by molar-refractivity contribution is -0.144. The van der Waals surface area contributed by atoms with Crippen LogP contribution in [0, 0.1) is 18.3 Å². The number of β-amino-alcohol motifs (C(OH)–C–C–N with tert-alkyl or cyclic N) is 1. The van der Waals surface area contributed by atoms with Crippen LogP contribution in [0.4, 0.5) is 0 Å². The molecular weight excluding hydrogens is 464 g/mol. The van der Waals surface area contributed by atoms with E-state index < -0.39 is 23.6 Å². The molecule has 3 amide bonds. The number of nitrogens with zero attached hydrogens (tertiary/aromatic N) is 2. The Morgan fingerprint density at radius 2 is 1.89 bits per heavy atom. The van der Waals surface area contributed by atoms with Crippen molar-refractivity contribution in [2.24, 2.45) is 11.3 Å². The number of nitrogens with one attached hydrogen (secondary N) is 2. The molecule has 190 valence electrons. The minimum absolute atomic E-state index is 0.0596. The minimum atomic E-state index is -0.802. The molecule has 9 heteroatoms. The summed E-state index contributed by atoms with van der Waals surface area (Å²) in [5.74, 6) is -0.879. The number of hydrogen-bond acceptors (Lipinski definition) is 6. The molecule has 0 aliphatic carbocycles. The molecule has 1 aliphatic heterocycles. The van der Waals surface area contributed by atoms with Gasteiger partial charge in [0.15, 0.2) is 0 Å². The quantitative estimate of drug-likeness (QED) is 0.516. The van der Waals surface area contributed by atoms with Crippen molar-refractivity contribution in [1.29, 1.82) is 0 Å². The van der Waals surface area contributed by atoms with Crippen molar-refractivity contribution in [3.63, 3.8) is 0 Å². The molecule has 0 bridgehead atoms. The van der Waals surface area contributed by atoms with Gasteiger partial charge in [0.1, 0.15) is 12.1 Å². The molecular formula is C26H36N4O4S. The van der Waals surface area contributed by atoms with E-state index in [-0.39, 0.29) is 36.6 Å². The maximum absolute atomic E-state index is 13.6. The zero-order valence-electron chi connectivity index (χ0n) is 21.3. The number of aliphatic hydroxyl groups is 1. The van der Waals surface area contributed by atoms with E-state index in [2.05, 4.69) is 15.6 Å². The average Bonchev–Trinajstić information content (AvgIpc) is 3.41. The third-order valence-corrected chi connectivity index (χ3v) is 8.10. The molecule has 2 aromatic rings. The summed E-state index contributed by atoms with van der Waals surface area (Å²) >= 11 is 1.59. The number of rotatable bonds is 8. The largest absolute Gasteiger partial charge is 0.391 e. The molecule has 1 saturated heterocycles. The fourth-order valence-corrected chi connectivity index (χ4v) is 5.05. The first-order chi connectivity index (χ1) is 16.4. The SMILES string of the molecule is CC(=O)N[C@H](C(=O)N1C[C@H](O)CC1C(=O)NCc1ccc(-c2scnc2C)cc1)C(C)(C)C(C)C. The van der Waals surface area contributed by atoms with Crippen molar-refractivity contribution in [3.8, 4) is 10.4 Å². The van der Waals surface area contributed by atoms with E-state index >= 15 is 0 Å². The number of likely N-dealkylation sites (tertiary alicyclic amines) is 1. The summed E-state index contributed by atoms with van der Waals surface area (Å²) in [4.78, 5) is 45.4. The monoisotopic (exact) mass is 500 g/mol. The lowest BCUT2D eigenvalue weighted by Gasteiger charge is -2.40. The molecule has 3 atom stereocenters. The topological polar surface area (TPSA) is 112 Å². The van der Waals surface area contributed by atoms with E-state index in [1.54, 1.807) is 11.3 Å². The van der Waals surface area contributed by atoms with Crippen LogP contribution in [0.2, 0.25) is 0 Å². The normalized spacial score (nSPS) is 19.0. The molecule has 0 saturated carbocycles. The molecule has 1 aliphatic rings. The van der Waals surface area contributed by atoms with Gasteiger partial charge in [0.25, 0.3) is 0 Å². The molecule has 2 heterocycles. The lowest BCUT2D eigenvalue weighted by Crippen LogP contribution is -2.59. The first-order valence-electron chi connectivity index (χ1n) is 11.9. The summed E-state index contributed by atoms with van der Waals surface area (Å²) in [6, 6.07) is 6.32. The summed E-state index contributed by atoms with van der Waals surface area (Å²) in [6.07, 6.45) is -0.632. The predicted molar refractivity (Wildman–Crippen MR) is 136 cm³/mol. The fourth-order valence-electron chi connectivity index (χ4n) is 4.23. The van der Waals surface area contributed by atoms with Gasteiger partial charge in [0.05, 0.1) is 22.2 Å². The van der Waals surface area contributed by atoms with Crippen LogP contribution in [0.15, 0.2) is 29.8 Å². The summed E-state index contributed by atoms with van der Waals surface area (Å²) in [6.45, 7) is 11.6. The van der Waals surface area contributed by atoms with Gasteiger partial charge in [-0.3, -0.25) is 14.4 Å². The Bertz CT molecular complexity index is 1060. The molecule has 1 unspecified atom stereocenters. The predicted octanol–water partition coefficient (Wildman–Crippen LogP) is 2.88. The second-order valence-corrected chi connectivity index (χ2v) is 11.0. The van der Waals surface area contributed by atoms with Gasteiger partial charge in [-0.25, -0.2) is 4.98 Å². The van der Waals surface area contributed by atoms with E-state index in [4.69, 9.17) is 0 Å². The number of carbonyl (C=O) groups excluding carboxylic acids is 3. The van der Waals surface area contributed by atoms with Crippen LogP contribution in [0.5, 0.6) is 0 Å². The van der Waals surface area contributed by atoms with Gasteiger partial charge in [0, 0.05) is 26.4 Å². The highest BCUT2D eigenvalue weighted by atomic mass is 32.1. The number of benzene rings is 1. The number of thiazole rings is 1. The maximum atomic E-state index is 13.6. The number of amides is 3. The number of carbonyl (C=O) groups is 3. The summed E-state index contributed by atoms with van der Waals surface area (Å²) in [5.41, 5.74) is 4.26. The van der Waals surface area contributed by atoms with E-state index in [0.29, 0.717) is 6.54 Å². The van der Waals surface area contributed by atoms with Crippen molar-refractivity contribution >= 4 is 29.1 Å². The van der Waals surface area contributed by atoms with Gasteiger partial charge in [-0.1, -0.05) is 52.0 Å². The van der Waals surface area contributed by atoms with Crippen LogP contribution >= 0.6 is 11.3 Å². The molecule has 8 nitrogen and oxygen atoms in total. The van der Waals surface area contributed by atoms with E-state index in [0.717, 1.165) is 21.7 Å². The molecule has 0 radical (unpaired) electrons. The van der Waals surface area contributed by atoms with Gasteiger partial charge < -0.3 is 20.6 Å². The van der Waals surface area contributed by atoms with E-state index in [1.165, 1.54) is 11.8 Å². The second-order valence-electron chi connectivity index (χ2n) is 10.2. The van der Waals surface area contributed by atoms with Gasteiger partial charge in [-0.2, -0.15) is 0 Å². The lowest BCUT2D eigenvalue weighted by atomic mass is 9.74. The standard InChI is InChI=1S/C26H36N4O4S/c1-15(2)26(5,6)23(29-17(4)31)25(34)30-13-20(32)11-21(30)24(33)27-12-18-7-9-19(10-8-18)22-16(3)28-14-35-22/h7-10,14-15,20-21,23,32H,11-13H2,1-6H3,(H,27,33)(H,29,31)/t20-,21?,23-/m1/s1. The Labute approximate surface area is 211 Å². The van der Waals surface area contributed by atoms with Gasteiger partial charge in [-0.05, 0) is 29.4 Å². The van der Waals surface area contributed by atoms with Crippen LogP contribution in [0.1, 0.15) is 52.3 Å². The number of aromatic nitrogens is 1. The fraction of sp³-hybridized carbons (Fsp3) is 0.538. The maximum Gasteiger partial charge on any atom is 0.246 e. The van der Waals surface area contributed by atoms with E-state index in [1.807, 2.05) is 64.4 Å². The smallest absolute Gasteiger partial charge is 0.246 e. The highest BCUT2D eigenvalue weighted by Crippen LogP contribution is 2.33. The van der Waals surface area contributed by atoms with Crippen molar-refractivity contribution in [2.45, 2.75) is 72.7 Å². The first kappa shape index (κ1) is 26.8. The molecule has 3 rings (SSSR count). The Morgan fingerprint density at radius 1 is 1.23 bits per heavy atom. The Kier molecular flexibility index (Phi) is 8.33. The van der Waals surface area contributed by atoms with Crippen LogP contribution in [-0.4, -0.2) is 57.4 Å². The molecule has 0 spiro atoms. The van der Waals surface area contributed by atoms with Crippen molar-refractivity contribution < 1.29 is 19.5 Å². The number of aliphatic hydroxyl groups excluding tert-OH is 1.